The van der Waals surface area contributed by atoms with E-state index >= 15 is 0 Å². The molecule has 4 heterocycles. The molecule has 3 aromatic heterocycles. The Kier molecular flexibility index (Phi) is 4.29. The molecule has 2 N–H and O–H groups in total. The van der Waals surface area contributed by atoms with Crippen LogP contribution in [0.5, 0.6) is 0 Å². The summed E-state index contributed by atoms with van der Waals surface area (Å²) in [6.07, 6.45) is 4.39. The van der Waals surface area contributed by atoms with Gasteiger partial charge in [0.25, 0.3) is 5.91 Å². The van der Waals surface area contributed by atoms with Crippen LogP contribution >= 0.6 is 11.3 Å². The van der Waals surface area contributed by atoms with E-state index in [9.17, 15) is 9.59 Å². The van der Waals surface area contributed by atoms with Gasteiger partial charge in [0.1, 0.15) is 0 Å². The predicted octanol–water partition coefficient (Wildman–Crippen LogP) is 1.89. The zero-order chi connectivity index (χ0) is 18.1. The highest BCUT2D eigenvalue weighted by Gasteiger charge is 2.32. The van der Waals surface area contributed by atoms with Crippen molar-refractivity contribution in [3.05, 3.63) is 46.5 Å². The third-order valence-corrected chi connectivity index (χ3v) is 5.26. The average molecular weight is 371 g/mol. The van der Waals surface area contributed by atoms with Crippen LogP contribution in [0.15, 0.2) is 40.5 Å². The Morgan fingerprint density at radius 3 is 3.12 bits per heavy atom. The second kappa shape index (κ2) is 6.75. The first-order valence-corrected chi connectivity index (χ1v) is 9.07. The van der Waals surface area contributed by atoms with Gasteiger partial charge in [-0.15, -0.1) is 11.3 Å². The monoisotopic (exact) mass is 371 g/mol. The second-order valence-corrected chi connectivity index (χ2v) is 7.14. The van der Waals surface area contributed by atoms with Crippen molar-refractivity contribution in [2.24, 2.45) is 7.05 Å². The van der Waals surface area contributed by atoms with E-state index in [4.69, 9.17) is 4.52 Å². The van der Waals surface area contributed by atoms with E-state index in [2.05, 4.69) is 20.9 Å². The minimum atomic E-state index is -0.327. The Bertz CT molecular complexity index is 930. The van der Waals surface area contributed by atoms with Crippen LogP contribution in [-0.2, 0) is 11.8 Å². The zero-order valence-corrected chi connectivity index (χ0v) is 14.8. The van der Waals surface area contributed by atoms with E-state index in [1.54, 1.807) is 41.5 Å². The molecule has 4 rings (SSSR count). The number of carbonyl (C=O) groups is 2. The number of hydrogen-bond donors (Lipinski definition) is 2. The Hall–Kier alpha value is -2.94. The molecule has 2 atom stereocenters. The lowest BCUT2D eigenvalue weighted by atomic mass is 9.96. The lowest BCUT2D eigenvalue weighted by molar-refractivity contribution is -0.123. The molecule has 26 heavy (non-hydrogen) atoms. The van der Waals surface area contributed by atoms with Gasteiger partial charge in [-0.25, -0.2) is 0 Å². The predicted molar refractivity (Wildman–Crippen MR) is 94.4 cm³/mol. The van der Waals surface area contributed by atoms with Gasteiger partial charge in [-0.2, -0.15) is 5.10 Å². The van der Waals surface area contributed by atoms with Crippen molar-refractivity contribution < 1.29 is 14.1 Å². The molecule has 0 unspecified atom stereocenters. The molecule has 1 saturated heterocycles. The molecule has 9 heteroatoms. The van der Waals surface area contributed by atoms with Crippen LogP contribution in [-0.4, -0.2) is 32.8 Å². The minimum Gasteiger partial charge on any atom is -0.355 e. The number of amides is 2. The quantitative estimate of drug-likeness (QED) is 0.729. The highest BCUT2D eigenvalue weighted by Crippen LogP contribution is 2.28. The molecule has 2 amide bonds. The number of nitrogens with one attached hydrogen (secondary N) is 2. The maximum absolute atomic E-state index is 12.6. The summed E-state index contributed by atoms with van der Waals surface area (Å²) in [5.74, 6) is 0.149. The summed E-state index contributed by atoms with van der Waals surface area (Å²) in [6.45, 7) is 0. The van der Waals surface area contributed by atoms with Crippen molar-refractivity contribution in [3.63, 3.8) is 0 Å². The summed E-state index contributed by atoms with van der Waals surface area (Å²) in [4.78, 5) is 25.4. The molecule has 0 aliphatic carbocycles. The standard InChI is InChI=1S/C17H17N5O3S/c1-22-9-10(8-18-22)13-7-12(21-25-13)17(24)19-11-4-5-15(23)20-16(11)14-3-2-6-26-14/h2-3,6-9,11,16H,4-5H2,1H3,(H,19,24)(H,20,23)/t11-,16-/m1/s1. The Labute approximate surface area is 153 Å². The minimum absolute atomic E-state index is 0.00537. The van der Waals surface area contributed by atoms with Gasteiger partial charge in [0.2, 0.25) is 5.91 Å². The van der Waals surface area contributed by atoms with Crippen LogP contribution in [0, 0.1) is 0 Å². The van der Waals surface area contributed by atoms with Crippen LogP contribution in [0.2, 0.25) is 0 Å². The fourth-order valence-electron chi connectivity index (χ4n) is 3.00. The summed E-state index contributed by atoms with van der Waals surface area (Å²) in [6, 6.07) is 5.05. The largest absolute Gasteiger partial charge is 0.355 e. The summed E-state index contributed by atoms with van der Waals surface area (Å²) in [5, 5.41) is 15.8. The van der Waals surface area contributed by atoms with Crippen molar-refractivity contribution in [2.45, 2.75) is 24.9 Å². The molecular weight excluding hydrogens is 354 g/mol. The van der Waals surface area contributed by atoms with Crippen LogP contribution in [0.3, 0.4) is 0 Å². The van der Waals surface area contributed by atoms with Crippen LogP contribution in [0.4, 0.5) is 0 Å². The first-order valence-electron chi connectivity index (χ1n) is 8.19. The molecular formula is C17H17N5O3S. The average Bonchev–Trinajstić information content (AvgIpc) is 3.37. The van der Waals surface area contributed by atoms with Gasteiger partial charge >= 0.3 is 0 Å². The summed E-state index contributed by atoms with van der Waals surface area (Å²) >= 11 is 1.55. The number of piperidine rings is 1. The fraction of sp³-hybridized carbons (Fsp3) is 0.294. The van der Waals surface area contributed by atoms with Gasteiger partial charge in [0.15, 0.2) is 11.5 Å². The molecule has 1 fully saturated rings. The normalized spacial score (nSPS) is 20.0. The molecule has 8 nitrogen and oxygen atoms in total. The lowest BCUT2D eigenvalue weighted by Crippen LogP contribution is -2.49. The lowest BCUT2D eigenvalue weighted by Gasteiger charge is -2.32. The fourth-order valence-corrected chi connectivity index (χ4v) is 3.84. The van der Waals surface area contributed by atoms with E-state index in [1.165, 1.54) is 0 Å². The number of carbonyl (C=O) groups excluding carboxylic acids is 2. The Morgan fingerprint density at radius 2 is 2.38 bits per heavy atom. The van der Waals surface area contributed by atoms with Gasteiger partial charge in [-0.05, 0) is 17.9 Å². The number of thiophene rings is 1. The number of aryl methyl sites for hydroxylation is 1. The summed E-state index contributed by atoms with van der Waals surface area (Å²) in [7, 11) is 1.80. The number of aromatic nitrogens is 3. The second-order valence-electron chi connectivity index (χ2n) is 6.16. The highest BCUT2D eigenvalue weighted by molar-refractivity contribution is 7.10. The summed E-state index contributed by atoms with van der Waals surface area (Å²) < 4.78 is 6.91. The SMILES string of the molecule is Cn1cc(-c2cc(C(=O)N[C@@H]3CCC(=O)N[C@H]3c3cccs3)no2)cn1. The smallest absolute Gasteiger partial charge is 0.273 e. The zero-order valence-electron chi connectivity index (χ0n) is 14.0. The van der Waals surface area contributed by atoms with Crippen molar-refractivity contribution in [2.75, 3.05) is 0 Å². The number of rotatable bonds is 4. The molecule has 134 valence electrons. The molecule has 1 aliphatic rings. The van der Waals surface area contributed by atoms with Gasteiger partial charge in [-0.1, -0.05) is 11.2 Å². The first-order chi connectivity index (χ1) is 12.6. The van der Waals surface area contributed by atoms with E-state index < -0.39 is 0 Å². The summed E-state index contributed by atoms with van der Waals surface area (Å²) in [5.41, 5.74) is 0.950. The van der Waals surface area contributed by atoms with Crippen molar-refractivity contribution in [1.82, 2.24) is 25.6 Å². The van der Waals surface area contributed by atoms with Crippen LogP contribution < -0.4 is 10.6 Å². The molecule has 0 saturated carbocycles. The van der Waals surface area contributed by atoms with Gasteiger partial charge < -0.3 is 15.2 Å². The molecule has 0 bridgehead atoms. The number of nitrogens with zero attached hydrogens (tertiary/aromatic N) is 3. The Balaban J connectivity index is 1.50. The van der Waals surface area contributed by atoms with E-state index in [0.29, 0.717) is 18.6 Å². The van der Waals surface area contributed by atoms with Crippen molar-refractivity contribution in [3.8, 4) is 11.3 Å². The molecule has 3 aromatic rings. The van der Waals surface area contributed by atoms with Crippen molar-refractivity contribution in [1.29, 1.82) is 0 Å². The third kappa shape index (κ3) is 3.25. The topological polar surface area (TPSA) is 102 Å². The van der Waals surface area contributed by atoms with Crippen LogP contribution in [0.25, 0.3) is 11.3 Å². The van der Waals surface area contributed by atoms with Gasteiger partial charge in [-0.3, -0.25) is 14.3 Å². The van der Waals surface area contributed by atoms with E-state index in [1.807, 2.05) is 17.5 Å². The van der Waals surface area contributed by atoms with Gasteiger partial charge in [0.05, 0.1) is 23.8 Å². The molecule has 1 aliphatic heterocycles. The van der Waals surface area contributed by atoms with Gasteiger partial charge in [0, 0.05) is 30.6 Å². The Morgan fingerprint density at radius 1 is 1.50 bits per heavy atom. The first kappa shape index (κ1) is 16.5. The number of hydrogen-bond acceptors (Lipinski definition) is 6. The van der Waals surface area contributed by atoms with E-state index in [-0.39, 0.29) is 29.6 Å². The van der Waals surface area contributed by atoms with Crippen LogP contribution in [0.1, 0.15) is 34.2 Å². The molecule has 0 aromatic carbocycles. The maximum Gasteiger partial charge on any atom is 0.273 e. The van der Waals surface area contributed by atoms with E-state index in [0.717, 1.165) is 10.4 Å². The third-order valence-electron chi connectivity index (χ3n) is 4.30. The maximum atomic E-state index is 12.6. The highest BCUT2D eigenvalue weighted by atomic mass is 32.1. The molecule has 0 radical (unpaired) electrons. The molecule has 0 spiro atoms. The van der Waals surface area contributed by atoms with Crippen molar-refractivity contribution >= 4 is 23.2 Å².